The predicted octanol–water partition coefficient (Wildman–Crippen LogP) is 2.90. The molecule has 0 atom stereocenters. The maximum atomic E-state index is 11.6. The van der Waals surface area contributed by atoms with Gasteiger partial charge in [0.2, 0.25) is 0 Å². The summed E-state index contributed by atoms with van der Waals surface area (Å²) >= 11 is 5.82. The molecular formula is C13H18ClNO3. The van der Waals surface area contributed by atoms with E-state index in [1.807, 2.05) is 0 Å². The van der Waals surface area contributed by atoms with Crippen molar-refractivity contribution < 1.29 is 14.3 Å². The number of nitrogens with two attached hydrogens (primary N) is 1. The van der Waals surface area contributed by atoms with Gasteiger partial charge in [-0.15, -0.1) is 0 Å². The van der Waals surface area contributed by atoms with Crippen molar-refractivity contribution in [2.45, 2.75) is 19.8 Å². The first-order valence-electron chi connectivity index (χ1n) is 5.95. The number of nitrogen functional groups attached to an aromatic ring is 1. The van der Waals surface area contributed by atoms with Gasteiger partial charge in [0.1, 0.15) is 6.61 Å². The summed E-state index contributed by atoms with van der Waals surface area (Å²) in [5, 5.41) is 0.351. The standard InChI is InChI=1S/C13H18ClNO3/c1-2-3-6-17-7-8-18-13(16)10-4-5-12(15)11(14)9-10/h4-5,9H,2-3,6-8,15H2,1H3. The van der Waals surface area contributed by atoms with Crippen LogP contribution in [0.4, 0.5) is 5.69 Å². The van der Waals surface area contributed by atoms with Crippen molar-refractivity contribution >= 4 is 23.3 Å². The molecule has 0 aliphatic heterocycles. The lowest BCUT2D eigenvalue weighted by molar-refractivity contribution is 0.0314. The molecule has 0 fully saturated rings. The van der Waals surface area contributed by atoms with Crippen LogP contribution in [0.3, 0.4) is 0 Å². The number of hydrogen-bond donors (Lipinski definition) is 1. The molecule has 0 spiro atoms. The van der Waals surface area contributed by atoms with Crippen LogP contribution in [0.5, 0.6) is 0 Å². The topological polar surface area (TPSA) is 61.5 Å². The lowest BCUT2D eigenvalue weighted by Gasteiger charge is -2.06. The summed E-state index contributed by atoms with van der Waals surface area (Å²) in [4.78, 5) is 11.6. The van der Waals surface area contributed by atoms with Crippen molar-refractivity contribution in [2.75, 3.05) is 25.6 Å². The average molecular weight is 272 g/mol. The molecule has 0 aliphatic carbocycles. The Hall–Kier alpha value is -1.26. The van der Waals surface area contributed by atoms with Gasteiger partial charge in [-0.25, -0.2) is 4.79 Å². The monoisotopic (exact) mass is 271 g/mol. The van der Waals surface area contributed by atoms with Gasteiger partial charge in [0.15, 0.2) is 0 Å². The van der Waals surface area contributed by atoms with Crippen LogP contribution in [0.1, 0.15) is 30.1 Å². The SMILES string of the molecule is CCCCOCCOC(=O)c1ccc(N)c(Cl)c1. The quantitative estimate of drug-likeness (QED) is 0.471. The van der Waals surface area contributed by atoms with E-state index < -0.39 is 5.97 Å². The molecule has 4 nitrogen and oxygen atoms in total. The minimum absolute atomic E-state index is 0.241. The molecule has 0 radical (unpaired) electrons. The summed E-state index contributed by atoms with van der Waals surface area (Å²) in [5.41, 5.74) is 6.39. The largest absolute Gasteiger partial charge is 0.460 e. The van der Waals surface area contributed by atoms with Crippen LogP contribution in [-0.4, -0.2) is 25.8 Å². The van der Waals surface area contributed by atoms with Crippen LogP contribution < -0.4 is 5.73 Å². The van der Waals surface area contributed by atoms with Crippen LogP contribution in [0.15, 0.2) is 18.2 Å². The van der Waals surface area contributed by atoms with Crippen LogP contribution in [0.25, 0.3) is 0 Å². The smallest absolute Gasteiger partial charge is 0.338 e. The Morgan fingerprint density at radius 1 is 1.33 bits per heavy atom. The summed E-state index contributed by atoms with van der Waals surface area (Å²) in [5.74, 6) is -0.420. The highest BCUT2D eigenvalue weighted by molar-refractivity contribution is 6.33. The Bertz CT molecular complexity index is 396. The number of ether oxygens (including phenoxy) is 2. The summed E-state index contributed by atoms with van der Waals surface area (Å²) in [6.45, 7) is 3.44. The summed E-state index contributed by atoms with van der Waals surface area (Å²) in [7, 11) is 0. The number of carbonyl (C=O) groups is 1. The van der Waals surface area contributed by atoms with Crippen molar-refractivity contribution in [3.05, 3.63) is 28.8 Å². The third-order valence-electron chi connectivity index (χ3n) is 2.34. The minimum atomic E-state index is -0.420. The number of benzene rings is 1. The van der Waals surface area contributed by atoms with Gasteiger partial charge in [0.05, 0.1) is 22.9 Å². The number of unbranched alkanes of at least 4 members (excludes halogenated alkanes) is 1. The van der Waals surface area contributed by atoms with Crippen molar-refractivity contribution in [2.24, 2.45) is 0 Å². The maximum Gasteiger partial charge on any atom is 0.338 e. The molecule has 1 aromatic carbocycles. The number of rotatable bonds is 7. The van der Waals surface area contributed by atoms with Gasteiger partial charge in [-0.3, -0.25) is 0 Å². The zero-order valence-corrected chi connectivity index (χ0v) is 11.2. The fourth-order valence-electron chi connectivity index (χ4n) is 1.28. The first-order chi connectivity index (χ1) is 8.65. The summed E-state index contributed by atoms with van der Waals surface area (Å²) < 4.78 is 10.3. The van der Waals surface area contributed by atoms with E-state index in [4.69, 9.17) is 26.8 Å². The summed E-state index contributed by atoms with van der Waals surface area (Å²) in [6, 6.07) is 4.66. The molecule has 0 amide bonds. The Kier molecular flexibility index (Phi) is 6.54. The maximum absolute atomic E-state index is 11.6. The second-order valence-corrected chi connectivity index (χ2v) is 4.25. The van der Waals surface area contributed by atoms with E-state index >= 15 is 0 Å². The molecule has 0 saturated heterocycles. The van der Waals surface area contributed by atoms with Gasteiger partial charge in [-0.2, -0.15) is 0 Å². The fourth-order valence-corrected chi connectivity index (χ4v) is 1.46. The molecule has 0 bridgehead atoms. The van der Waals surface area contributed by atoms with Gasteiger partial charge in [0, 0.05) is 6.61 Å². The van der Waals surface area contributed by atoms with Crippen LogP contribution >= 0.6 is 11.6 Å². The molecule has 0 unspecified atom stereocenters. The highest BCUT2D eigenvalue weighted by Crippen LogP contribution is 2.19. The van der Waals surface area contributed by atoms with E-state index in [0.29, 0.717) is 29.5 Å². The summed E-state index contributed by atoms with van der Waals surface area (Å²) in [6.07, 6.45) is 2.10. The second-order valence-electron chi connectivity index (χ2n) is 3.84. The molecule has 0 aromatic heterocycles. The molecule has 5 heteroatoms. The van der Waals surface area contributed by atoms with Gasteiger partial charge >= 0.3 is 5.97 Å². The predicted molar refractivity (Wildman–Crippen MR) is 71.9 cm³/mol. The van der Waals surface area contributed by atoms with E-state index in [1.165, 1.54) is 6.07 Å². The van der Waals surface area contributed by atoms with E-state index in [1.54, 1.807) is 12.1 Å². The molecule has 0 heterocycles. The lowest BCUT2D eigenvalue weighted by atomic mass is 10.2. The Morgan fingerprint density at radius 3 is 2.78 bits per heavy atom. The van der Waals surface area contributed by atoms with Crippen LogP contribution in [0.2, 0.25) is 5.02 Å². The molecular weight excluding hydrogens is 254 g/mol. The molecule has 1 rings (SSSR count). The Morgan fingerprint density at radius 2 is 2.11 bits per heavy atom. The third kappa shape index (κ3) is 4.94. The highest BCUT2D eigenvalue weighted by atomic mass is 35.5. The number of hydrogen-bond acceptors (Lipinski definition) is 4. The molecule has 0 saturated carbocycles. The van der Waals surface area contributed by atoms with E-state index in [9.17, 15) is 4.79 Å². The van der Waals surface area contributed by atoms with Gasteiger partial charge in [-0.1, -0.05) is 24.9 Å². The van der Waals surface area contributed by atoms with Crippen molar-refractivity contribution in [3.63, 3.8) is 0 Å². The lowest BCUT2D eigenvalue weighted by Crippen LogP contribution is -2.11. The Labute approximate surface area is 112 Å². The van der Waals surface area contributed by atoms with E-state index in [0.717, 1.165) is 12.8 Å². The number of halogens is 1. The van der Waals surface area contributed by atoms with E-state index in [2.05, 4.69) is 6.92 Å². The van der Waals surface area contributed by atoms with Gasteiger partial charge in [-0.05, 0) is 24.6 Å². The van der Waals surface area contributed by atoms with Crippen LogP contribution in [-0.2, 0) is 9.47 Å². The fraction of sp³-hybridized carbons (Fsp3) is 0.462. The van der Waals surface area contributed by atoms with Crippen molar-refractivity contribution in [3.8, 4) is 0 Å². The number of anilines is 1. The molecule has 18 heavy (non-hydrogen) atoms. The number of esters is 1. The minimum Gasteiger partial charge on any atom is -0.460 e. The average Bonchev–Trinajstić information content (AvgIpc) is 2.36. The molecule has 0 aliphatic rings. The van der Waals surface area contributed by atoms with Crippen molar-refractivity contribution in [1.82, 2.24) is 0 Å². The zero-order valence-electron chi connectivity index (χ0n) is 10.4. The third-order valence-corrected chi connectivity index (χ3v) is 2.67. The first kappa shape index (κ1) is 14.8. The molecule has 2 N–H and O–H groups in total. The number of carbonyl (C=O) groups excluding carboxylic acids is 1. The first-order valence-corrected chi connectivity index (χ1v) is 6.33. The molecule has 100 valence electrons. The normalized spacial score (nSPS) is 10.3. The Balaban J connectivity index is 2.30. The molecule has 1 aromatic rings. The van der Waals surface area contributed by atoms with Crippen LogP contribution in [0, 0.1) is 0 Å². The van der Waals surface area contributed by atoms with Gasteiger partial charge in [0.25, 0.3) is 0 Å². The second kappa shape index (κ2) is 7.95. The highest BCUT2D eigenvalue weighted by Gasteiger charge is 2.08. The zero-order chi connectivity index (χ0) is 13.4. The van der Waals surface area contributed by atoms with Crippen molar-refractivity contribution in [1.29, 1.82) is 0 Å². The van der Waals surface area contributed by atoms with Gasteiger partial charge < -0.3 is 15.2 Å². The van der Waals surface area contributed by atoms with E-state index in [-0.39, 0.29) is 6.61 Å².